The van der Waals surface area contributed by atoms with Gasteiger partial charge in [-0.3, -0.25) is 9.48 Å². The highest BCUT2D eigenvalue weighted by Gasteiger charge is 2.77. The Bertz CT molecular complexity index is 1260. The van der Waals surface area contributed by atoms with Crippen LogP contribution in [0.4, 0.5) is 0 Å². The minimum Gasteiger partial charge on any atom is -0.450 e. The molecular formula is C28H35BrN2O6. The number of carbonyl (C=O) groups is 2. The number of rotatable bonds is 2. The van der Waals surface area contributed by atoms with Crippen LogP contribution in [0.5, 0.6) is 0 Å². The maximum absolute atomic E-state index is 14.7. The summed E-state index contributed by atoms with van der Waals surface area (Å²) < 4.78 is 20.5. The number of ether oxygens (including phenoxy) is 3. The lowest BCUT2D eigenvalue weighted by Gasteiger charge is -2.52. The molecule has 1 saturated heterocycles. The minimum absolute atomic E-state index is 0.0107. The molecule has 6 rings (SSSR count). The summed E-state index contributed by atoms with van der Waals surface area (Å²) in [5, 5.41) is 17.2. The molecule has 2 heterocycles. The van der Waals surface area contributed by atoms with Crippen molar-refractivity contribution in [2.75, 3.05) is 6.61 Å². The van der Waals surface area contributed by atoms with Gasteiger partial charge in [-0.15, -0.1) is 0 Å². The molecule has 1 N–H and O–H groups in total. The van der Waals surface area contributed by atoms with Crippen LogP contribution in [0.3, 0.4) is 0 Å². The van der Waals surface area contributed by atoms with Crippen molar-refractivity contribution in [1.82, 2.24) is 9.78 Å². The largest absolute Gasteiger partial charge is 0.450 e. The zero-order valence-electron chi connectivity index (χ0n) is 22.4. The Hall–Kier alpha value is -1.81. The molecule has 9 heteroatoms. The lowest BCUT2D eigenvalue weighted by atomic mass is 9.59. The van der Waals surface area contributed by atoms with E-state index in [0.29, 0.717) is 16.0 Å². The van der Waals surface area contributed by atoms with Gasteiger partial charge in [-0.05, 0) is 77.4 Å². The Morgan fingerprint density at radius 3 is 2.65 bits per heavy atom. The third kappa shape index (κ3) is 3.14. The van der Waals surface area contributed by atoms with Crippen molar-refractivity contribution in [3.8, 4) is 0 Å². The van der Waals surface area contributed by atoms with Crippen LogP contribution in [-0.4, -0.2) is 56.8 Å². The zero-order valence-corrected chi connectivity index (χ0v) is 24.0. The number of halogens is 1. The second-order valence-corrected chi connectivity index (χ2v) is 13.6. The molecule has 1 aromatic rings. The molecule has 8 nitrogen and oxygen atoms in total. The summed E-state index contributed by atoms with van der Waals surface area (Å²) in [5.74, 6) is -1.63. The Kier molecular flexibility index (Phi) is 5.26. The van der Waals surface area contributed by atoms with E-state index in [1.165, 1.54) is 10.9 Å². The molecule has 1 aromatic heterocycles. The summed E-state index contributed by atoms with van der Waals surface area (Å²) in [6.45, 7) is 12.2. The molecule has 2 saturated carbocycles. The van der Waals surface area contributed by atoms with Gasteiger partial charge in [-0.2, -0.15) is 5.10 Å². The predicted molar refractivity (Wildman–Crippen MR) is 137 cm³/mol. The molecule has 2 unspecified atom stereocenters. The maximum Gasteiger partial charge on any atom is 0.358 e. The topological polar surface area (TPSA) is 99.9 Å². The predicted octanol–water partition coefficient (Wildman–Crippen LogP) is 3.97. The van der Waals surface area contributed by atoms with E-state index >= 15 is 0 Å². The van der Waals surface area contributed by atoms with Crippen LogP contribution in [0, 0.1) is 34.5 Å². The van der Waals surface area contributed by atoms with Crippen molar-refractivity contribution in [2.45, 2.75) is 71.6 Å². The van der Waals surface area contributed by atoms with Gasteiger partial charge in [-0.25, -0.2) is 4.79 Å². The molecule has 0 amide bonds. The number of ketones is 1. The van der Waals surface area contributed by atoms with E-state index in [1.807, 2.05) is 19.1 Å². The van der Waals surface area contributed by atoms with Gasteiger partial charge in [0.15, 0.2) is 29.0 Å². The van der Waals surface area contributed by atoms with Crippen LogP contribution in [0.15, 0.2) is 34.0 Å². The third-order valence-electron chi connectivity index (χ3n) is 9.98. The molecule has 0 radical (unpaired) electrons. The van der Waals surface area contributed by atoms with Crippen LogP contribution in [0.2, 0.25) is 0 Å². The van der Waals surface area contributed by atoms with E-state index in [9.17, 15) is 14.7 Å². The van der Waals surface area contributed by atoms with E-state index in [4.69, 9.17) is 14.2 Å². The minimum atomic E-state index is -1.84. The molecule has 37 heavy (non-hydrogen) atoms. The fourth-order valence-corrected chi connectivity index (χ4v) is 8.61. The SMILES string of the molecule is CC1=CC23C(=O)[C@@H](C=C4COC(C)(C)O[C@H]4[C@]2(O)[C@H]1OC(=O)c1c(Br)cnn1C)[C@H]1[C@@H](CC3C)C1(C)C. The Balaban J connectivity index is 1.53. The highest BCUT2D eigenvalue weighted by Crippen LogP contribution is 2.72. The first-order valence-corrected chi connectivity index (χ1v) is 13.8. The van der Waals surface area contributed by atoms with Gasteiger partial charge in [0.2, 0.25) is 0 Å². The van der Waals surface area contributed by atoms with Gasteiger partial charge in [0.1, 0.15) is 6.10 Å². The number of aryl methyl sites for hydroxylation is 1. The van der Waals surface area contributed by atoms with Crippen LogP contribution in [0.25, 0.3) is 0 Å². The molecule has 1 spiro atoms. The monoisotopic (exact) mass is 574 g/mol. The summed E-state index contributed by atoms with van der Waals surface area (Å²) in [4.78, 5) is 28.2. The van der Waals surface area contributed by atoms with E-state index in [0.717, 1.165) is 12.0 Å². The average Bonchev–Trinajstić information content (AvgIpc) is 3.09. The number of hydrogen-bond acceptors (Lipinski definition) is 7. The molecule has 8 atom stereocenters. The smallest absolute Gasteiger partial charge is 0.358 e. The van der Waals surface area contributed by atoms with Crippen molar-refractivity contribution >= 4 is 27.7 Å². The Labute approximate surface area is 225 Å². The lowest BCUT2D eigenvalue weighted by Crippen LogP contribution is -2.68. The normalized spacial score (nSPS) is 42.9. The molecule has 1 aliphatic heterocycles. The van der Waals surface area contributed by atoms with E-state index in [1.54, 1.807) is 20.9 Å². The quantitative estimate of drug-likeness (QED) is 0.421. The van der Waals surface area contributed by atoms with E-state index in [2.05, 4.69) is 41.8 Å². The second kappa shape index (κ2) is 7.64. The van der Waals surface area contributed by atoms with Crippen molar-refractivity contribution in [2.24, 2.45) is 41.5 Å². The molecule has 3 fully saturated rings. The molecular weight excluding hydrogens is 540 g/mol. The summed E-state index contributed by atoms with van der Waals surface area (Å²) in [6.07, 6.45) is 4.25. The standard InChI is InChI=1S/C28H35BrN2O6/c1-13-10-27-14(2)8-17-19(25(17,3)4)16(21(27)32)9-15-12-35-26(5,6)37-23(15)28(27,34)22(13)36-24(33)20-18(29)11-30-31(20)7/h9-11,14,16-17,19,22-23,34H,8,12H2,1-7H3/t14?,16-,17+,19-,22-,23+,27?,28+/m0/s1. The molecule has 2 bridgehead atoms. The average molecular weight is 576 g/mol. The van der Waals surface area contributed by atoms with Gasteiger partial charge in [0.25, 0.3) is 0 Å². The summed E-state index contributed by atoms with van der Waals surface area (Å²) in [5.41, 5.74) is -1.44. The third-order valence-corrected chi connectivity index (χ3v) is 10.6. The number of Topliss-reactive ketones (excluding diaryl/α,β-unsaturated/α-hetero) is 1. The van der Waals surface area contributed by atoms with Gasteiger partial charge in [0.05, 0.1) is 22.7 Å². The first-order chi connectivity index (χ1) is 17.2. The maximum atomic E-state index is 14.7. The summed E-state index contributed by atoms with van der Waals surface area (Å²) >= 11 is 3.37. The van der Waals surface area contributed by atoms with Crippen LogP contribution in [-0.2, 0) is 26.1 Å². The number of carbonyl (C=O) groups excluding carboxylic acids is 2. The highest BCUT2D eigenvalue weighted by atomic mass is 79.9. The lowest BCUT2D eigenvalue weighted by molar-refractivity contribution is -0.302. The van der Waals surface area contributed by atoms with Crippen molar-refractivity contribution in [1.29, 1.82) is 0 Å². The molecule has 0 aromatic carbocycles. The van der Waals surface area contributed by atoms with Crippen molar-refractivity contribution < 1.29 is 28.9 Å². The molecule has 200 valence electrons. The Morgan fingerprint density at radius 1 is 1.30 bits per heavy atom. The first kappa shape index (κ1) is 25.5. The van der Waals surface area contributed by atoms with Gasteiger partial charge in [-0.1, -0.05) is 32.9 Å². The van der Waals surface area contributed by atoms with Gasteiger partial charge in [0, 0.05) is 13.0 Å². The Morgan fingerprint density at radius 2 is 2.00 bits per heavy atom. The number of aromatic nitrogens is 2. The number of esters is 1. The number of nitrogens with zero attached hydrogens (tertiary/aromatic N) is 2. The van der Waals surface area contributed by atoms with E-state index in [-0.39, 0.29) is 41.3 Å². The van der Waals surface area contributed by atoms with Crippen LogP contribution in [0.1, 0.15) is 58.5 Å². The van der Waals surface area contributed by atoms with Gasteiger partial charge < -0.3 is 19.3 Å². The number of fused-ring (bicyclic) bond motifs is 5. The molecule has 4 aliphatic carbocycles. The number of aliphatic hydroxyl groups is 1. The summed E-state index contributed by atoms with van der Waals surface area (Å²) in [6, 6.07) is 0. The fourth-order valence-electron chi connectivity index (χ4n) is 8.10. The van der Waals surface area contributed by atoms with Gasteiger partial charge >= 0.3 is 5.97 Å². The fraction of sp³-hybridized carbons (Fsp3) is 0.679. The number of hydrogen-bond donors (Lipinski definition) is 1. The first-order valence-electron chi connectivity index (χ1n) is 13.0. The number of allylic oxidation sites excluding steroid dienone is 1. The zero-order chi connectivity index (χ0) is 26.9. The highest BCUT2D eigenvalue weighted by molar-refractivity contribution is 9.10. The second-order valence-electron chi connectivity index (χ2n) is 12.7. The van der Waals surface area contributed by atoms with Crippen molar-refractivity contribution in [3.05, 3.63) is 39.7 Å². The molecule has 5 aliphatic rings. The van der Waals surface area contributed by atoms with Crippen LogP contribution >= 0.6 is 15.9 Å². The van der Waals surface area contributed by atoms with Crippen LogP contribution < -0.4 is 0 Å². The summed E-state index contributed by atoms with van der Waals surface area (Å²) in [7, 11) is 1.65. The van der Waals surface area contributed by atoms with Crippen molar-refractivity contribution in [3.63, 3.8) is 0 Å². The van der Waals surface area contributed by atoms with E-state index < -0.39 is 35.0 Å².